The van der Waals surface area contributed by atoms with Gasteiger partial charge in [-0.25, -0.2) is 0 Å². The number of amides is 1. The number of aromatic nitrogens is 4. The third kappa shape index (κ3) is 4.80. The molecule has 0 fully saturated rings. The summed E-state index contributed by atoms with van der Waals surface area (Å²) in [6.07, 6.45) is 5.78. The molecule has 10 nitrogen and oxygen atoms in total. The van der Waals surface area contributed by atoms with E-state index in [1.807, 2.05) is 12.3 Å². The molecule has 10 heteroatoms. The summed E-state index contributed by atoms with van der Waals surface area (Å²) in [5, 5.41) is 21.6. The number of carbonyl (C=O) groups is 1. The summed E-state index contributed by atoms with van der Waals surface area (Å²) in [4.78, 5) is 22.0. The first-order valence-electron chi connectivity index (χ1n) is 7.10. The van der Waals surface area contributed by atoms with Crippen LogP contribution in [-0.2, 0) is 17.9 Å². The van der Waals surface area contributed by atoms with E-state index in [0.717, 1.165) is 13.0 Å². The van der Waals surface area contributed by atoms with Gasteiger partial charge in [0.05, 0.1) is 18.6 Å². The Labute approximate surface area is 132 Å². The number of methoxy groups -OCH3 is 1. The highest BCUT2D eigenvalue weighted by molar-refractivity contribution is 5.75. The van der Waals surface area contributed by atoms with Crippen LogP contribution in [0.5, 0.6) is 5.88 Å². The largest absolute Gasteiger partial charge is 0.475 e. The number of nitrogens with one attached hydrogen (secondary N) is 1. The molecule has 23 heavy (non-hydrogen) atoms. The van der Waals surface area contributed by atoms with Crippen molar-refractivity contribution in [3.63, 3.8) is 0 Å². The maximum absolute atomic E-state index is 11.7. The molecular weight excluding hydrogens is 304 g/mol. The average Bonchev–Trinajstić information content (AvgIpc) is 3.18. The second-order valence-corrected chi connectivity index (χ2v) is 4.77. The Kier molecular flexibility index (Phi) is 5.67. The van der Waals surface area contributed by atoms with E-state index in [2.05, 4.69) is 15.5 Å². The van der Waals surface area contributed by atoms with E-state index < -0.39 is 4.92 Å². The minimum absolute atomic E-state index is 0.0605. The monoisotopic (exact) mass is 322 g/mol. The zero-order valence-corrected chi connectivity index (χ0v) is 12.7. The predicted octanol–water partition coefficient (Wildman–Crippen LogP) is 0.593. The van der Waals surface area contributed by atoms with Gasteiger partial charge in [0.2, 0.25) is 5.91 Å². The molecule has 124 valence electrons. The van der Waals surface area contributed by atoms with E-state index in [-0.39, 0.29) is 30.4 Å². The Hall–Kier alpha value is -2.91. The fourth-order valence-corrected chi connectivity index (χ4v) is 1.98. The van der Waals surface area contributed by atoms with Crippen LogP contribution in [0.15, 0.2) is 24.7 Å². The van der Waals surface area contributed by atoms with Gasteiger partial charge in [-0.3, -0.25) is 24.3 Å². The normalized spacial score (nSPS) is 10.5. The first kappa shape index (κ1) is 16.5. The molecule has 0 aliphatic carbocycles. The minimum Gasteiger partial charge on any atom is -0.475 e. The molecule has 2 aromatic rings. The molecule has 0 bridgehead atoms. The van der Waals surface area contributed by atoms with Gasteiger partial charge in [0, 0.05) is 31.9 Å². The summed E-state index contributed by atoms with van der Waals surface area (Å²) in [6.45, 7) is 1.52. The molecular formula is C13H18N6O4. The lowest BCUT2D eigenvalue weighted by Crippen LogP contribution is -2.26. The minimum atomic E-state index is -0.572. The molecule has 2 aromatic heterocycles. The summed E-state index contributed by atoms with van der Waals surface area (Å²) in [5.74, 6) is -0.197. The quantitative estimate of drug-likeness (QED) is 0.410. The van der Waals surface area contributed by atoms with Crippen LogP contribution in [0.2, 0.25) is 0 Å². The van der Waals surface area contributed by atoms with Crippen molar-refractivity contribution >= 4 is 11.6 Å². The van der Waals surface area contributed by atoms with Gasteiger partial charge >= 0.3 is 11.6 Å². The SMILES string of the molecule is COc1nn(CCC(=O)NCCCn2cccn2)cc1[N+](=O)[O-]. The second kappa shape index (κ2) is 7.92. The average molecular weight is 322 g/mol. The van der Waals surface area contributed by atoms with Crippen molar-refractivity contribution in [1.29, 1.82) is 0 Å². The van der Waals surface area contributed by atoms with E-state index in [4.69, 9.17) is 4.74 Å². The second-order valence-electron chi connectivity index (χ2n) is 4.77. The maximum Gasteiger partial charge on any atom is 0.350 e. The zero-order valence-electron chi connectivity index (χ0n) is 12.7. The van der Waals surface area contributed by atoms with Gasteiger partial charge in [0.25, 0.3) is 0 Å². The molecule has 2 rings (SSSR count). The van der Waals surface area contributed by atoms with Crippen molar-refractivity contribution in [2.45, 2.75) is 25.9 Å². The Morgan fingerprint density at radius 3 is 2.87 bits per heavy atom. The Balaban J connectivity index is 1.70. The van der Waals surface area contributed by atoms with Crippen LogP contribution in [0, 0.1) is 10.1 Å². The molecule has 0 aliphatic heterocycles. The van der Waals surface area contributed by atoms with E-state index in [1.54, 1.807) is 10.9 Å². The van der Waals surface area contributed by atoms with Crippen molar-refractivity contribution in [1.82, 2.24) is 24.9 Å². The van der Waals surface area contributed by atoms with Gasteiger partial charge in [-0.1, -0.05) is 0 Å². The summed E-state index contributed by atoms with van der Waals surface area (Å²) in [5.41, 5.74) is -0.216. The molecule has 0 saturated heterocycles. The number of aryl methyl sites for hydroxylation is 2. The zero-order chi connectivity index (χ0) is 16.7. The molecule has 0 aliphatic rings. The molecule has 2 heterocycles. The van der Waals surface area contributed by atoms with E-state index in [9.17, 15) is 14.9 Å². The Morgan fingerprint density at radius 2 is 2.26 bits per heavy atom. The highest BCUT2D eigenvalue weighted by Crippen LogP contribution is 2.23. The van der Waals surface area contributed by atoms with Gasteiger partial charge < -0.3 is 10.1 Å². The Bertz CT molecular complexity index is 651. The van der Waals surface area contributed by atoms with Crippen LogP contribution in [0.1, 0.15) is 12.8 Å². The summed E-state index contributed by atoms with van der Waals surface area (Å²) in [7, 11) is 1.31. The van der Waals surface area contributed by atoms with Crippen LogP contribution >= 0.6 is 0 Å². The van der Waals surface area contributed by atoms with E-state index in [0.29, 0.717) is 6.54 Å². The first-order chi connectivity index (χ1) is 11.1. The number of carbonyl (C=O) groups excluding carboxylic acids is 1. The number of hydrogen-bond donors (Lipinski definition) is 1. The van der Waals surface area contributed by atoms with Gasteiger partial charge in [0.15, 0.2) is 0 Å². The first-order valence-corrected chi connectivity index (χ1v) is 7.10. The highest BCUT2D eigenvalue weighted by atomic mass is 16.6. The van der Waals surface area contributed by atoms with Crippen LogP contribution in [0.4, 0.5) is 5.69 Å². The van der Waals surface area contributed by atoms with Crippen LogP contribution in [-0.4, -0.2) is 44.0 Å². The number of nitrogens with zero attached hydrogens (tertiary/aromatic N) is 5. The topological polar surface area (TPSA) is 117 Å². The van der Waals surface area contributed by atoms with Crippen LogP contribution < -0.4 is 10.1 Å². The molecule has 0 spiro atoms. The lowest BCUT2D eigenvalue weighted by atomic mass is 10.3. The Morgan fingerprint density at radius 1 is 1.43 bits per heavy atom. The lowest BCUT2D eigenvalue weighted by Gasteiger charge is -2.05. The van der Waals surface area contributed by atoms with Crippen molar-refractivity contribution in [3.05, 3.63) is 34.8 Å². The van der Waals surface area contributed by atoms with E-state index in [1.165, 1.54) is 18.0 Å². The number of nitro groups is 1. The van der Waals surface area contributed by atoms with Crippen molar-refractivity contribution in [2.24, 2.45) is 0 Å². The molecule has 0 atom stereocenters. The number of ether oxygens (including phenoxy) is 1. The third-order valence-corrected chi connectivity index (χ3v) is 3.11. The number of hydrogen-bond acceptors (Lipinski definition) is 6. The van der Waals surface area contributed by atoms with Crippen LogP contribution in [0.25, 0.3) is 0 Å². The van der Waals surface area contributed by atoms with Gasteiger partial charge in [-0.05, 0) is 12.5 Å². The van der Waals surface area contributed by atoms with Crippen molar-refractivity contribution in [2.75, 3.05) is 13.7 Å². The third-order valence-electron chi connectivity index (χ3n) is 3.11. The number of rotatable bonds is 9. The molecule has 0 aromatic carbocycles. The molecule has 1 N–H and O–H groups in total. The molecule has 0 unspecified atom stereocenters. The summed E-state index contributed by atoms with van der Waals surface area (Å²) >= 11 is 0. The fraction of sp³-hybridized carbons (Fsp3) is 0.462. The fourth-order valence-electron chi connectivity index (χ4n) is 1.98. The van der Waals surface area contributed by atoms with Crippen LogP contribution in [0.3, 0.4) is 0 Å². The maximum atomic E-state index is 11.7. The summed E-state index contributed by atoms with van der Waals surface area (Å²) < 4.78 is 7.95. The van der Waals surface area contributed by atoms with Crippen molar-refractivity contribution < 1.29 is 14.5 Å². The highest BCUT2D eigenvalue weighted by Gasteiger charge is 2.20. The van der Waals surface area contributed by atoms with Crippen molar-refractivity contribution in [3.8, 4) is 5.88 Å². The smallest absolute Gasteiger partial charge is 0.350 e. The summed E-state index contributed by atoms with van der Waals surface area (Å²) in [6, 6.07) is 1.84. The van der Waals surface area contributed by atoms with Gasteiger partial charge in [-0.15, -0.1) is 5.10 Å². The standard InChI is InChI=1S/C13H18N6O4/c1-23-13-11(19(21)22)10-18(16-13)9-4-12(20)14-5-2-7-17-8-3-6-15-17/h3,6,8,10H,2,4-5,7,9H2,1H3,(H,14,20). The lowest BCUT2D eigenvalue weighted by molar-refractivity contribution is -0.385. The molecule has 0 saturated carbocycles. The van der Waals surface area contributed by atoms with Gasteiger partial charge in [0.1, 0.15) is 6.20 Å². The van der Waals surface area contributed by atoms with Gasteiger partial charge in [-0.2, -0.15) is 5.10 Å². The molecule has 0 radical (unpaired) electrons. The predicted molar refractivity (Wildman–Crippen MR) is 79.9 cm³/mol. The van der Waals surface area contributed by atoms with E-state index >= 15 is 0 Å². The molecule has 1 amide bonds.